The minimum absolute atomic E-state index is 0.000624. The molecular weight excluding hydrogens is 490 g/mol. The Kier molecular flexibility index (Phi) is 7.70. The predicted octanol–water partition coefficient (Wildman–Crippen LogP) is 4.30. The highest BCUT2D eigenvalue weighted by Gasteiger charge is 2.20. The zero-order valence-electron chi connectivity index (χ0n) is 18.7. The number of para-hydroxylation sites is 1. The zero-order valence-corrected chi connectivity index (χ0v) is 20.2. The van der Waals surface area contributed by atoms with E-state index < -0.39 is 15.9 Å². The maximum Gasteiger partial charge on any atom is 0.261 e. The van der Waals surface area contributed by atoms with Crippen LogP contribution in [0.25, 0.3) is 0 Å². The minimum atomic E-state index is -3.83. The topological polar surface area (TPSA) is 114 Å². The molecule has 0 aromatic heterocycles. The van der Waals surface area contributed by atoms with Crippen molar-refractivity contribution >= 4 is 44.8 Å². The summed E-state index contributed by atoms with van der Waals surface area (Å²) in [5.41, 5.74) is 0.998. The second kappa shape index (κ2) is 10.9. The summed E-state index contributed by atoms with van der Waals surface area (Å²) in [5, 5.41) is 5.63. The Morgan fingerprint density at radius 3 is 2.40 bits per heavy atom. The van der Waals surface area contributed by atoms with Crippen molar-refractivity contribution in [3.63, 3.8) is 0 Å². The van der Waals surface area contributed by atoms with Crippen molar-refractivity contribution < 1.29 is 22.7 Å². The number of sulfonamides is 1. The highest BCUT2D eigenvalue weighted by molar-refractivity contribution is 7.92. The van der Waals surface area contributed by atoms with Gasteiger partial charge in [0, 0.05) is 18.7 Å². The van der Waals surface area contributed by atoms with Crippen molar-refractivity contribution in [3.8, 4) is 0 Å². The van der Waals surface area contributed by atoms with Crippen LogP contribution in [0.1, 0.15) is 33.6 Å². The van der Waals surface area contributed by atoms with Crippen LogP contribution >= 0.6 is 11.6 Å². The normalized spacial score (nSPS) is 15.4. The smallest absolute Gasteiger partial charge is 0.261 e. The van der Waals surface area contributed by atoms with E-state index in [4.69, 9.17) is 16.3 Å². The molecule has 1 atom stereocenters. The summed E-state index contributed by atoms with van der Waals surface area (Å²) in [6.07, 6.45) is 1.87. The molecule has 0 unspecified atom stereocenters. The SMILES string of the molecule is O=C(Nc1ccccc1C(=O)NC[C@@H]1CCCO1)c1ccc(NS(=O)(=O)c2ccccc2)c(Cl)c1. The molecule has 10 heteroatoms. The molecule has 0 spiro atoms. The third-order valence-corrected chi connectivity index (χ3v) is 7.16. The second-order valence-electron chi connectivity index (χ2n) is 7.96. The molecule has 3 N–H and O–H groups in total. The van der Waals surface area contributed by atoms with E-state index in [1.807, 2.05) is 0 Å². The number of benzene rings is 3. The van der Waals surface area contributed by atoms with Gasteiger partial charge in [-0.05, 0) is 55.3 Å². The molecule has 1 aliphatic rings. The lowest BCUT2D eigenvalue weighted by molar-refractivity contribution is 0.0858. The van der Waals surface area contributed by atoms with Crippen molar-refractivity contribution in [3.05, 3.63) is 88.9 Å². The van der Waals surface area contributed by atoms with Crippen molar-refractivity contribution in [2.45, 2.75) is 23.8 Å². The lowest BCUT2D eigenvalue weighted by Crippen LogP contribution is -2.32. The fourth-order valence-electron chi connectivity index (χ4n) is 3.63. The Labute approximate surface area is 208 Å². The van der Waals surface area contributed by atoms with Crippen LogP contribution in [0.2, 0.25) is 5.02 Å². The number of hydrogen-bond acceptors (Lipinski definition) is 5. The summed E-state index contributed by atoms with van der Waals surface area (Å²) < 4.78 is 33.1. The molecule has 1 fully saturated rings. The van der Waals surface area contributed by atoms with Crippen molar-refractivity contribution in [1.82, 2.24) is 5.32 Å². The summed E-state index contributed by atoms with van der Waals surface area (Å²) >= 11 is 6.27. The zero-order chi connectivity index (χ0) is 24.8. The van der Waals surface area contributed by atoms with Crippen LogP contribution < -0.4 is 15.4 Å². The maximum absolute atomic E-state index is 12.9. The summed E-state index contributed by atoms with van der Waals surface area (Å²) in [7, 11) is -3.83. The van der Waals surface area contributed by atoms with E-state index in [9.17, 15) is 18.0 Å². The number of ether oxygens (including phenoxy) is 1. The Balaban J connectivity index is 1.45. The minimum Gasteiger partial charge on any atom is -0.376 e. The first-order valence-electron chi connectivity index (χ1n) is 11.0. The molecule has 8 nitrogen and oxygen atoms in total. The van der Waals surface area contributed by atoms with Gasteiger partial charge in [-0.1, -0.05) is 41.9 Å². The van der Waals surface area contributed by atoms with Gasteiger partial charge in [0.2, 0.25) is 0 Å². The van der Waals surface area contributed by atoms with Crippen molar-refractivity contribution in [2.75, 3.05) is 23.2 Å². The molecule has 0 bridgehead atoms. The molecule has 1 heterocycles. The van der Waals surface area contributed by atoms with Crippen molar-refractivity contribution in [1.29, 1.82) is 0 Å². The Hall–Kier alpha value is -3.40. The standard InChI is InChI=1S/C25H24ClN3O5S/c26-21-15-17(12-13-23(21)29-35(32,33)19-8-2-1-3-9-19)24(30)28-22-11-5-4-10-20(22)25(31)27-16-18-7-6-14-34-18/h1-5,8-13,15,18,29H,6-7,14,16H2,(H,27,31)(H,28,30)/t18-/m0/s1. The lowest BCUT2D eigenvalue weighted by atomic mass is 10.1. The molecule has 2 amide bonds. The Bertz CT molecular complexity index is 1330. The van der Waals surface area contributed by atoms with Crippen LogP contribution in [-0.2, 0) is 14.8 Å². The second-order valence-corrected chi connectivity index (χ2v) is 10.0. The van der Waals surface area contributed by atoms with Crippen LogP contribution in [0.5, 0.6) is 0 Å². The van der Waals surface area contributed by atoms with Gasteiger partial charge < -0.3 is 15.4 Å². The molecule has 0 radical (unpaired) electrons. The van der Waals surface area contributed by atoms with Gasteiger partial charge in [0.05, 0.1) is 33.0 Å². The highest BCUT2D eigenvalue weighted by atomic mass is 35.5. The Morgan fingerprint density at radius 1 is 0.943 bits per heavy atom. The monoisotopic (exact) mass is 513 g/mol. The van der Waals surface area contributed by atoms with Gasteiger partial charge in [-0.2, -0.15) is 0 Å². The molecule has 3 aromatic carbocycles. The largest absolute Gasteiger partial charge is 0.376 e. The third kappa shape index (κ3) is 6.19. The van der Waals surface area contributed by atoms with Gasteiger partial charge in [-0.25, -0.2) is 8.42 Å². The third-order valence-electron chi connectivity index (χ3n) is 5.46. The van der Waals surface area contributed by atoms with Crippen molar-refractivity contribution in [2.24, 2.45) is 0 Å². The van der Waals surface area contributed by atoms with Crippen LogP contribution in [0.4, 0.5) is 11.4 Å². The molecule has 35 heavy (non-hydrogen) atoms. The fraction of sp³-hybridized carbons (Fsp3) is 0.200. The van der Waals surface area contributed by atoms with Crippen LogP contribution in [0.3, 0.4) is 0 Å². The number of carbonyl (C=O) groups is 2. The quantitative estimate of drug-likeness (QED) is 0.415. The average Bonchev–Trinajstić information content (AvgIpc) is 3.38. The lowest BCUT2D eigenvalue weighted by Gasteiger charge is -2.14. The first-order valence-corrected chi connectivity index (χ1v) is 12.9. The van der Waals surface area contributed by atoms with E-state index in [0.29, 0.717) is 24.4 Å². The highest BCUT2D eigenvalue weighted by Crippen LogP contribution is 2.26. The molecule has 4 rings (SSSR count). The van der Waals surface area contributed by atoms with E-state index >= 15 is 0 Å². The first-order chi connectivity index (χ1) is 16.8. The number of anilines is 2. The molecular formula is C25H24ClN3O5S. The molecule has 182 valence electrons. The summed E-state index contributed by atoms with van der Waals surface area (Å²) in [6.45, 7) is 1.10. The number of rotatable bonds is 8. The van der Waals surface area contributed by atoms with E-state index in [0.717, 1.165) is 12.8 Å². The van der Waals surface area contributed by atoms with E-state index in [-0.39, 0.29) is 33.2 Å². The van der Waals surface area contributed by atoms with Crippen LogP contribution in [0.15, 0.2) is 77.7 Å². The number of nitrogens with one attached hydrogen (secondary N) is 3. The number of halogens is 1. The summed E-state index contributed by atoms with van der Waals surface area (Å²) in [6, 6.07) is 18.8. The van der Waals surface area contributed by atoms with E-state index in [2.05, 4.69) is 15.4 Å². The van der Waals surface area contributed by atoms with Gasteiger partial charge in [-0.3, -0.25) is 14.3 Å². The number of carbonyl (C=O) groups excluding carboxylic acids is 2. The maximum atomic E-state index is 12.9. The first kappa shape index (κ1) is 24.7. The average molecular weight is 514 g/mol. The Morgan fingerprint density at radius 2 is 1.69 bits per heavy atom. The van der Waals surface area contributed by atoms with Gasteiger partial charge in [0.1, 0.15) is 0 Å². The number of hydrogen-bond donors (Lipinski definition) is 3. The van der Waals surface area contributed by atoms with Gasteiger partial charge in [0.15, 0.2) is 0 Å². The molecule has 3 aromatic rings. The summed E-state index contributed by atoms with van der Waals surface area (Å²) in [5.74, 6) is -0.816. The van der Waals surface area contributed by atoms with Gasteiger partial charge >= 0.3 is 0 Å². The van der Waals surface area contributed by atoms with Gasteiger partial charge in [0.25, 0.3) is 21.8 Å². The van der Waals surface area contributed by atoms with Crippen LogP contribution in [-0.4, -0.2) is 39.5 Å². The van der Waals surface area contributed by atoms with E-state index in [1.54, 1.807) is 42.5 Å². The molecule has 1 aliphatic heterocycles. The predicted molar refractivity (Wildman–Crippen MR) is 134 cm³/mol. The molecule has 0 saturated carbocycles. The van der Waals surface area contributed by atoms with Crippen LogP contribution in [0, 0.1) is 0 Å². The number of amides is 2. The molecule has 0 aliphatic carbocycles. The molecule has 1 saturated heterocycles. The van der Waals surface area contributed by atoms with E-state index in [1.165, 1.54) is 30.3 Å². The summed E-state index contributed by atoms with van der Waals surface area (Å²) in [4.78, 5) is 25.6. The fourth-order valence-corrected chi connectivity index (χ4v) is 5.02. The van der Waals surface area contributed by atoms with Gasteiger partial charge in [-0.15, -0.1) is 0 Å².